The molecule has 2 fully saturated rings. The molecule has 186 valence electrons. The lowest BCUT2D eigenvalue weighted by molar-refractivity contribution is -0.150. The molecule has 1 saturated heterocycles. The highest BCUT2D eigenvalue weighted by atomic mass is 19.1. The van der Waals surface area contributed by atoms with Crippen LogP contribution in [0.3, 0.4) is 0 Å². The molecule has 1 aliphatic carbocycles. The molecular formula is C27H27FN4O4. The number of anilines is 1. The summed E-state index contributed by atoms with van der Waals surface area (Å²) in [6.07, 6.45) is -0.411. The third-order valence-corrected chi connectivity index (χ3v) is 7.42. The minimum absolute atomic E-state index is 0.00725. The van der Waals surface area contributed by atoms with Crippen molar-refractivity contribution in [3.63, 3.8) is 0 Å². The molecule has 2 aromatic rings. The van der Waals surface area contributed by atoms with Gasteiger partial charge in [0.25, 0.3) is 5.91 Å². The van der Waals surface area contributed by atoms with Crippen LogP contribution in [-0.4, -0.2) is 58.2 Å². The van der Waals surface area contributed by atoms with E-state index >= 15 is 0 Å². The number of aliphatic hydroxyl groups excluding tert-OH is 1. The largest absolute Gasteiger partial charge is 0.378 e. The van der Waals surface area contributed by atoms with Gasteiger partial charge in [-0.3, -0.25) is 14.4 Å². The minimum atomic E-state index is -3.11. The van der Waals surface area contributed by atoms with E-state index in [1.54, 1.807) is 24.3 Å². The van der Waals surface area contributed by atoms with Gasteiger partial charge in [-0.05, 0) is 41.7 Å². The van der Waals surface area contributed by atoms with E-state index in [9.17, 15) is 29.1 Å². The van der Waals surface area contributed by atoms with Crippen molar-refractivity contribution in [1.82, 2.24) is 9.80 Å². The summed E-state index contributed by atoms with van der Waals surface area (Å²) in [4.78, 5) is 42.3. The first-order valence-electron chi connectivity index (χ1n) is 13.3. The fourth-order valence-corrected chi connectivity index (χ4v) is 5.24. The number of halogens is 1. The van der Waals surface area contributed by atoms with E-state index in [0.717, 1.165) is 25.0 Å². The second-order valence-electron chi connectivity index (χ2n) is 9.75. The lowest BCUT2D eigenvalue weighted by Gasteiger charge is -2.33. The van der Waals surface area contributed by atoms with Gasteiger partial charge in [-0.2, -0.15) is 5.26 Å². The molecule has 3 aliphatic rings. The Hall–Kier alpha value is -3.77. The van der Waals surface area contributed by atoms with Crippen LogP contribution >= 0.6 is 0 Å². The van der Waals surface area contributed by atoms with Crippen LogP contribution < -0.4 is 5.32 Å². The number of likely N-dealkylation sites (N-methyl/N-ethyl adjacent to an activating group) is 1. The van der Waals surface area contributed by atoms with Gasteiger partial charge in [0.1, 0.15) is 17.9 Å². The molecule has 36 heavy (non-hydrogen) atoms. The average Bonchev–Trinajstić information content (AvgIpc) is 3.57. The predicted molar refractivity (Wildman–Crippen MR) is 128 cm³/mol. The fourth-order valence-electron chi connectivity index (χ4n) is 5.24. The van der Waals surface area contributed by atoms with Crippen LogP contribution in [0.1, 0.15) is 47.0 Å². The van der Waals surface area contributed by atoms with Crippen molar-refractivity contribution in [3.8, 4) is 6.07 Å². The number of amides is 3. The second kappa shape index (κ2) is 9.03. The van der Waals surface area contributed by atoms with E-state index in [1.807, 2.05) is 0 Å². The number of carbonyl (C=O) groups is 3. The molecule has 3 amide bonds. The summed E-state index contributed by atoms with van der Waals surface area (Å²) in [7, 11) is 0. The molecule has 2 aromatic carbocycles. The van der Waals surface area contributed by atoms with E-state index in [2.05, 4.69) is 11.4 Å². The summed E-state index contributed by atoms with van der Waals surface area (Å²) < 4.78 is 37.8. The number of carbonyl (C=O) groups excluding carboxylic acids is 3. The zero-order valence-corrected chi connectivity index (χ0v) is 19.4. The van der Waals surface area contributed by atoms with Gasteiger partial charge >= 0.3 is 0 Å². The molecular weight excluding hydrogens is 463 g/mol. The van der Waals surface area contributed by atoms with Crippen LogP contribution in [0, 0.1) is 23.1 Å². The topological polar surface area (TPSA) is 114 Å². The Balaban J connectivity index is 1.50. The van der Waals surface area contributed by atoms with Crippen LogP contribution in [0.5, 0.6) is 0 Å². The molecule has 5 rings (SSSR count). The minimum Gasteiger partial charge on any atom is -0.378 e. The number of likely N-dealkylation sites (tertiary alicyclic amines) is 1. The van der Waals surface area contributed by atoms with Gasteiger partial charge in [0, 0.05) is 29.7 Å². The Morgan fingerprint density at radius 3 is 2.69 bits per heavy atom. The number of rotatable bonds is 6. The lowest BCUT2D eigenvalue weighted by atomic mass is 9.80. The van der Waals surface area contributed by atoms with Gasteiger partial charge in [-0.25, -0.2) is 4.39 Å². The van der Waals surface area contributed by atoms with E-state index in [4.69, 9.17) is 4.11 Å². The van der Waals surface area contributed by atoms with Crippen molar-refractivity contribution in [3.05, 3.63) is 65.5 Å². The highest BCUT2D eigenvalue weighted by Crippen LogP contribution is 2.47. The summed E-state index contributed by atoms with van der Waals surface area (Å²) in [6.45, 7) is -3.26. The van der Waals surface area contributed by atoms with Gasteiger partial charge in [0.05, 0.1) is 11.5 Å². The Kier molecular flexibility index (Phi) is 5.12. The summed E-state index contributed by atoms with van der Waals surface area (Å²) >= 11 is 0. The lowest BCUT2D eigenvalue weighted by Crippen LogP contribution is -2.52. The molecule has 8 nitrogen and oxygen atoms in total. The zero-order valence-electron chi connectivity index (χ0n) is 22.4. The third-order valence-electron chi connectivity index (χ3n) is 7.42. The Bertz CT molecular complexity index is 1360. The van der Waals surface area contributed by atoms with E-state index in [-0.39, 0.29) is 36.8 Å². The predicted octanol–water partition coefficient (Wildman–Crippen LogP) is 2.50. The summed E-state index contributed by atoms with van der Waals surface area (Å²) in [5.74, 6) is -2.96. The number of hydrogen-bond acceptors (Lipinski definition) is 5. The number of nitriles is 1. The number of hydrogen-bond donors (Lipinski definition) is 2. The quantitative estimate of drug-likeness (QED) is 0.642. The molecule has 0 unspecified atom stereocenters. The number of aliphatic hydroxyl groups is 1. The smallest absolute Gasteiger partial charge is 0.256 e. The Labute approximate surface area is 212 Å². The highest BCUT2D eigenvalue weighted by Gasteiger charge is 2.57. The van der Waals surface area contributed by atoms with E-state index < -0.39 is 48.2 Å². The highest BCUT2D eigenvalue weighted by molar-refractivity contribution is 6.07. The molecule has 2 N–H and O–H groups in total. The average molecular weight is 494 g/mol. The van der Waals surface area contributed by atoms with Crippen molar-refractivity contribution < 1.29 is 28.0 Å². The van der Waals surface area contributed by atoms with Crippen LogP contribution in [0.25, 0.3) is 0 Å². The maximum absolute atomic E-state index is 14.1. The SMILES string of the molecule is [2H]C([2H])([2H])N(C(=O)[C@H](O)c1ccc(F)cc1)[C@@H](CC1CC1)C(=O)N1C[C@]2(C[C@H]1C#N)C(=O)Nc1ccccc12. The Morgan fingerprint density at radius 2 is 2.03 bits per heavy atom. The molecule has 0 bridgehead atoms. The Morgan fingerprint density at radius 1 is 1.31 bits per heavy atom. The number of fused-ring (bicyclic) bond motifs is 2. The van der Waals surface area contributed by atoms with Crippen LogP contribution in [0.15, 0.2) is 48.5 Å². The molecule has 2 heterocycles. The first kappa shape index (κ1) is 20.4. The number of nitrogens with one attached hydrogen (secondary N) is 1. The van der Waals surface area contributed by atoms with Crippen molar-refractivity contribution in [1.29, 1.82) is 5.26 Å². The fraction of sp³-hybridized carbons (Fsp3) is 0.407. The van der Waals surface area contributed by atoms with E-state index in [1.165, 1.54) is 17.0 Å². The number of benzene rings is 2. The van der Waals surface area contributed by atoms with Gasteiger partial charge in [0.2, 0.25) is 11.8 Å². The van der Waals surface area contributed by atoms with Gasteiger partial charge in [-0.1, -0.05) is 43.2 Å². The van der Waals surface area contributed by atoms with E-state index in [0.29, 0.717) is 16.2 Å². The normalized spacial score (nSPS) is 25.7. The zero-order chi connectivity index (χ0) is 28.1. The maximum atomic E-state index is 14.1. The number of nitrogens with zero attached hydrogens (tertiary/aromatic N) is 3. The van der Waals surface area contributed by atoms with Gasteiger partial charge < -0.3 is 20.2 Å². The maximum Gasteiger partial charge on any atom is 0.256 e. The molecule has 4 atom stereocenters. The first-order valence-corrected chi connectivity index (χ1v) is 11.8. The molecule has 1 spiro atoms. The number of para-hydroxylation sites is 1. The summed E-state index contributed by atoms with van der Waals surface area (Å²) in [5, 5.41) is 23.6. The van der Waals surface area contributed by atoms with Crippen molar-refractivity contribution in [2.24, 2.45) is 5.92 Å². The van der Waals surface area contributed by atoms with Gasteiger partial charge in [-0.15, -0.1) is 0 Å². The first-order chi connectivity index (χ1) is 18.5. The van der Waals surface area contributed by atoms with Crippen molar-refractivity contribution >= 4 is 23.4 Å². The molecule has 0 aromatic heterocycles. The molecule has 1 saturated carbocycles. The molecule has 9 heteroatoms. The molecule has 2 aliphatic heterocycles. The van der Waals surface area contributed by atoms with Gasteiger partial charge in [0.15, 0.2) is 6.10 Å². The summed E-state index contributed by atoms with van der Waals surface area (Å²) in [5.41, 5.74) is 0.0335. The second-order valence-corrected chi connectivity index (χ2v) is 9.75. The van der Waals surface area contributed by atoms with Crippen molar-refractivity contribution in [2.45, 2.75) is 49.3 Å². The summed E-state index contributed by atoms with van der Waals surface area (Å²) in [6, 6.07) is 10.9. The van der Waals surface area contributed by atoms with Crippen LogP contribution in [0.2, 0.25) is 0 Å². The van der Waals surface area contributed by atoms with Crippen molar-refractivity contribution in [2.75, 3.05) is 18.8 Å². The standard InChI is InChI=1S/C27H27FN4O4/c1-31(25(35)23(33)17-8-10-18(28)11-9-17)22(12-16-6-7-16)24(34)32-15-27(13-19(32)14-29)20-4-2-3-5-21(20)30-26(27)36/h2-5,8-11,16,19,22-23,33H,6-7,12-13,15H2,1H3,(H,30,36)/t19-,22-,23+,27-/m0/s1/i1D3. The van der Waals surface area contributed by atoms with Crippen LogP contribution in [0.4, 0.5) is 10.1 Å². The third kappa shape index (κ3) is 4.01. The monoisotopic (exact) mass is 493 g/mol. The molecule has 0 radical (unpaired) electrons. The van der Waals surface area contributed by atoms with Crippen LogP contribution in [-0.2, 0) is 19.8 Å².